The number of hydrogen-bond acceptors (Lipinski definition) is 4. The average molecular weight is 371 g/mol. The molecule has 2 aliphatic carbocycles. The van der Waals surface area contributed by atoms with Crippen molar-refractivity contribution in [2.75, 3.05) is 7.11 Å². The zero-order valence-electron chi connectivity index (χ0n) is 15.6. The minimum absolute atomic E-state index is 0.0423. The lowest BCUT2D eigenvalue weighted by molar-refractivity contribution is 0.0253. The lowest BCUT2D eigenvalue weighted by Gasteiger charge is -2.55. The van der Waals surface area contributed by atoms with Crippen LogP contribution in [0.3, 0.4) is 0 Å². The molecule has 1 aromatic carbocycles. The molecule has 26 heavy (non-hydrogen) atoms. The number of amides is 1. The van der Waals surface area contributed by atoms with Crippen molar-refractivity contribution in [3.8, 4) is 5.75 Å². The quantitative estimate of drug-likeness (QED) is 0.864. The van der Waals surface area contributed by atoms with Gasteiger partial charge in [-0.2, -0.15) is 0 Å². The molecule has 0 unspecified atom stereocenters. The minimum Gasteiger partial charge on any atom is -0.497 e. The number of nitrogens with zero attached hydrogens (tertiary/aromatic N) is 1. The summed E-state index contributed by atoms with van der Waals surface area (Å²) in [5.41, 5.74) is 2.15. The molecule has 4 nitrogen and oxygen atoms in total. The predicted molar refractivity (Wildman–Crippen MR) is 104 cm³/mol. The van der Waals surface area contributed by atoms with Gasteiger partial charge in [0.15, 0.2) is 0 Å². The number of thiazole rings is 1. The summed E-state index contributed by atoms with van der Waals surface area (Å²) in [5.74, 6) is 2.62. The molecule has 4 atom stereocenters. The zero-order chi connectivity index (χ0) is 18.3. The SMILES string of the molecule is COc1ccc([C@H]2[C@@H]3CCCC[C@H]3[C@@H]2NC(=O)c2sc(C)nc2C)cc1. The van der Waals surface area contributed by atoms with Crippen LogP contribution in [0.1, 0.15) is 57.5 Å². The first kappa shape index (κ1) is 17.5. The molecule has 0 aliphatic heterocycles. The number of methoxy groups -OCH3 is 1. The van der Waals surface area contributed by atoms with Crippen molar-refractivity contribution in [1.29, 1.82) is 0 Å². The highest BCUT2D eigenvalue weighted by Gasteiger charge is 2.51. The highest BCUT2D eigenvalue weighted by atomic mass is 32.1. The van der Waals surface area contributed by atoms with Crippen molar-refractivity contribution < 1.29 is 9.53 Å². The van der Waals surface area contributed by atoms with Crippen molar-refractivity contribution in [3.63, 3.8) is 0 Å². The van der Waals surface area contributed by atoms with Gasteiger partial charge in [-0.3, -0.25) is 4.79 Å². The van der Waals surface area contributed by atoms with E-state index >= 15 is 0 Å². The Morgan fingerprint density at radius 2 is 1.85 bits per heavy atom. The van der Waals surface area contributed by atoms with Crippen LogP contribution < -0.4 is 10.1 Å². The van der Waals surface area contributed by atoms with Crippen LogP contribution >= 0.6 is 11.3 Å². The van der Waals surface area contributed by atoms with E-state index in [1.807, 2.05) is 26.0 Å². The van der Waals surface area contributed by atoms with Crippen LogP contribution in [0.2, 0.25) is 0 Å². The first-order chi connectivity index (χ1) is 12.6. The van der Waals surface area contributed by atoms with Crippen LogP contribution in [-0.2, 0) is 0 Å². The fraction of sp³-hybridized carbons (Fsp3) is 0.524. The standard InChI is InChI=1S/C21H26N2O2S/c1-12-20(26-13(2)22-12)21(24)23-19-17-7-5-4-6-16(17)18(19)14-8-10-15(25-3)11-9-14/h8-11,16-19H,4-7H2,1-3H3,(H,23,24)/t16-,17-,18+,19+/m1/s1. The summed E-state index contributed by atoms with van der Waals surface area (Å²) in [5, 5.41) is 4.31. The van der Waals surface area contributed by atoms with E-state index in [9.17, 15) is 4.79 Å². The molecule has 0 spiro atoms. The number of hydrogen-bond donors (Lipinski definition) is 1. The summed E-state index contributed by atoms with van der Waals surface area (Å²) in [6.45, 7) is 3.87. The highest BCUT2D eigenvalue weighted by molar-refractivity contribution is 7.13. The molecule has 138 valence electrons. The molecule has 1 amide bonds. The summed E-state index contributed by atoms with van der Waals surface area (Å²) in [6, 6.07) is 8.61. The second kappa shape index (κ2) is 7.03. The molecular formula is C21H26N2O2S. The molecular weight excluding hydrogens is 344 g/mol. The summed E-state index contributed by atoms with van der Waals surface area (Å²) >= 11 is 1.49. The molecule has 1 aromatic heterocycles. The number of aryl methyl sites for hydroxylation is 2. The van der Waals surface area contributed by atoms with Gasteiger partial charge in [-0.25, -0.2) is 4.98 Å². The first-order valence-electron chi connectivity index (χ1n) is 9.47. The van der Waals surface area contributed by atoms with Gasteiger partial charge in [-0.05, 0) is 56.2 Å². The number of nitrogens with one attached hydrogen (secondary N) is 1. The Hall–Kier alpha value is -1.88. The van der Waals surface area contributed by atoms with Gasteiger partial charge in [0.1, 0.15) is 10.6 Å². The van der Waals surface area contributed by atoms with Gasteiger partial charge in [0.2, 0.25) is 0 Å². The number of rotatable bonds is 4. The molecule has 1 heterocycles. The summed E-state index contributed by atoms with van der Waals surface area (Å²) in [4.78, 5) is 18.0. The van der Waals surface area contributed by atoms with Crippen LogP contribution in [0.15, 0.2) is 24.3 Å². The first-order valence-corrected chi connectivity index (χ1v) is 10.3. The largest absolute Gasteiger partial charge is 0.497 e. The van der Waals surface area contributed by atoms with E-state index in [1.165, 1.54) is 42.6 Å². The lowest BCUT2D eigenvalue weighted by Crippen LogP contribution is -2.59. The third-order valence-corrected chi connectivity index (χ3v) is 7.16. The molecule has 4 rings (SSSR count). The van der Waals surface area contributed by atoms with Crippen LogP contribution in [0.25, 0.3) is 0 Å². The van der Waals surface area contributed by atoms with Gasteiger partial charge in [-0.15, -0.1) is 11.3 Å². The molecule has 2 aliphatic rings. The van der Waals surface area contributed by atoms with Gasteiger partial charge in [-0.1, -0.05) is 25.0 Å². The van der Waals surface area contributed by atoms with Crippen molar-refractivity contribution >= 4 is 17.2 Å². The maximum absolute atomic E-state index is 12.9. The van der Waals surface area contributed by atoms with Crippen molar-refractivity contribution in [3.05, 3.63) is 45.4 Å². The number of carbonyl (C=O) groups excluding carboxylic acids is 1. The third kappa shape index (κ3) is 3.02. The molecule has 2 aromatic rings. The summed E-state index contributed by atoms with van der Waals surface area (Å²) in [6.07, 6.45) is 5.08. The number of carbonyl (C=O) groups is 1. The smallest absolute Gasteiger partial charge is 0.263 e. The van der Waals surface area contributed by atoms with Crippen molar-refractivity contribution in [2.24, 2.45) is 11.8 Å². The molecule has 0 saturated heterocycles. The number of ether oxygens (including phenoxy) is 1. The molecule has 5 heteroatoms. The molecule has 2 fully saturated rings. The fourth-order valence-electron chi connectivity index (χ4n) is 4.90. The lowest BCUT2D eigenvalue weighted by atomic mass is 9.53. The monoisotopic (exact) mass is 370 g/mol. The Balaban J connectivity index is 1.57. The van der Waals surface area contributed by atoms with Crippen LogP contribution in [-0.4, -0.2) is 24.0 Å². The Bertz CT molecular complexity index is 799. The van der Waals surface area contributed by atoms with E-state index < -0.39 is 0 Å². The van der Waals surface area contributed by atoms with E-state index in [4.69, 9.17) is 4.74 Å². The Kier molecular flexibility index (Phi) is 4.74. The topological polar surface area (TPSA) is 51.2 Å². The summed E-state index contributed by atoms with van der Waals surface area (Å²) < 4.78 is 5.30. The van der Waals surface area contributed by atoms with E-state index in [0.29, 0.717) is 17.8 Å². The van der Waals surface area contributed by atoms with Crippen LogP contribution in [0.4, 0.5) is 0 Å². The van der Waals surface area contributed by atoms with Gasteiger partial charge >= 0.3 is 0 Å². The molecule has 1 N–H and O–H groups in total. The summed E-state index contributed by atoms with van der Waals surface area (Å²) in [7, 11) is 1.69. The fourth-order valence-corrected chi connectivity index (χ4v) is 5.73. The maximum Gasteiger partial charge on any atom is 0.263 e. The Labute approximate surface area is 159 Å². The average Bonchev–Trinajstić information content (AvgIpc) is 2.99. The van der Waals surface area contributed by atoms with E-state index in [0.717, 1.165) is 21.3 Å². The second-order valence-electron chi connectivity index (χ2n) is 7.56. The normalized spacial score (nSPS) is 27.3. The molecule has 0 bridgehead atoms. The second-order valence-corrected chi connectivity index (χ2v) is 8.76. The van der Waals surface area contributed by atoms with Crippen molar-refractivity contribution in [2.45, 2.75) is 51.5 Å². The van der Waals surface area contributed by atoms with E-state index in [-0.39, 0.29) is 11.9 Å². The highest BCUT2D eigenvalue weighted by Crippen LogP contribution is 2.54. The van der Waals surface area contributed by atoms with Crippen molar-refractivity contribution in [1.82, 2.24) is 10.3 Å². The van der Waals surface area contributed by atoms with E-state index in [2.05, 4.69) is 22.4 Å². The maximum atomic E-state index is 12.9. The number of benzene rings is 1. The Morgan fingerprint density at radius 3 is 2.46 bits per heavy atom. The van der Waals surface area contributed by atoms with Gasteiger partial charge in [0.05, 0.1) is 17.8 Å². The van der Waals surface area contributed by atoms with Crippen LogP contribution in [0.5, 0.6) is 5.75 Å². The molecule has 2 saturated carbocycles. The predicted octanol–water partition coefficient (Wildman–Crippen LogP) is 4.47. The third-order valence-electron chi connectivity index (χ3n) is 6.09. The zero-order valence-corrected chi connectivity index (χ0v) is 16.4. The van der Waals surface area contributed by atoms with Gasteiger partial charge in [0, 0.05) is 12.0 Å². The van der Waals surface area contributed by atoms with Gasteiger partial charge in [0.25, 0.3) is 5.91 Å². The Morgan fingerprint density at radius 1 is 1.15 bits per heavy atom. The minimum atomic E-state index is 0.0423. The molecule has 0 radical (unpaired) electrons. The van der Waals surface area contributed by atoms with Crippen LogP contribution in [0, 0.1) is 25.7 Å². The van der Waals surface area contributed by atoms with Gasteiger partial charge < -0.3 is 10.1 Å². The number of fused-ring (bicyclic) bond motifs is 1. The van der Waals surface area contributed by atoms with E-state index in [1.54, 1.807) is 7.11 Å². The number of aromatic nitrogens is 1.